The fourth-order valence-corrected chi connectivity index (χ4v) is 4.35. The van der Waals surface area contributed by atoms with E-state index in [9.17, 15) is 9.18 Å². The van der Waals surface area contributed by atoms with Gasteiger partial charge in [-0.25, -0.2) is 9.37 Å². The van der Waals surface area contributed by atoms with E-state index in [1.807, 2.05) is 23.1 Å². The van der Waals surface area contributed by atoms with Crippen LogP contribution in [0.3, 0.4) is 0 Å². The first-order chi connectivity index (χ1) is 11.7. The first-order valence-corrected chi connectivity index (χ1v) is 8.92. The second-order valence-corrected chi connectivity index (χ2v) is 7.13. The van der Waals surface area contributed by atoms with Crippen LogP contribution in [0.1, 0.15) is 29.5 Å². The van der Waals surface area contributed by atoms with Crippen LogP contribution in [0.2, 0.25) is 0 Å². The highest BCUT2D eigenvalue weighted by atomic mass is 32.1. The van der Waals surface area contributed by atoms with Crippen molar-refractivity contribution >= 4 is 27.5 Å². The van der Waals surface area contributed by atoms with Crippen LogP contribution in [-0.4, -0.2) is 22.3 Å². The van der Waals surface area contributed by atoms with Gasteiger partial charge < -0.3 is 4.90 Å². The lowest BCUT2D eigenvalue weighted by molar-refractivity contribution is -0.131. The molecule has 5 heteroatoms. The monoisotopic (exact) mass is 340 g/mol. The SMILES string of the molecule is O=C(Cc1ccc(F)cc1)N1CCC[C@@H]1c1nc2ccccc2s1. The summed E-state index contributed by atoms with van der Waals surface area (Å²) in [5, 5.41) is 1.01. The molecular weight excluding hydrogens is 323 g/mol. The predicted octanol–water partition coefficient (Wildman–Crippen LogP) is 4.34. The van der Waals surface area contributed by atoms with Gasteiger partial charge in [0, 0.05) is 6.54 Å². The average Bonchev–Trinajstić information content (AvgIpc) is 3.23. The van der Waals surface area contributed by atoms with Crippen molar-refractivity contribution in [3.05, 3.63) is 64.9 Å². The molecule has 1 aliphatic rings. The Bertz CT molecular complexity index is 841. The average molecular weight is 340 g/mol. The Morgan fingerprint density at radius 3 is 2.79 bits per heavy atom. The Morgan fingerprint density at radius 1 is 1.21 bits per heavy atom. The zero-order chi connectivity index (χ0) is 16.5. The van der Waals surface area contributed by atoms with Gasteiger partial charge in [-0.15, -0.1) is 11.3 Å². The summed E-state index contributed by atoms with van der Waals surface area (Å²) in [4.78, 5) is 19.4. The summed E-state index contributed by atoms with van der Waals surface area (Å²) >= 11 is 1.67. The molecule has 3 aromatic rings. The van der Waals surface area contributed by atoms with E-state index in [4.69, 9.17) is 4.98 Å². The molecule has 0 N–H and O–H groups in total. The van der Waals surface area contributed by atoms with Crippen LogP contribution in [0.25, 0.3) is 10.2 Å². The van der Waals surface area contributed by atoms with Gasteiger partial charge in [0.25, 0.3) is 0 Å². The second kappa shape index (κ2) is 6.32. The summed E-state index contributed by atoms with van der Waals surface area (Å²) in [6, 6.07) is 14.3. The Morgan fingerprint density at radius 2 is 2.00 bits per heavy atom. The Hall–Kier alpha value is -2.27. The minimum Gasteiger partial charge on any atom is -0.333 e. The van der Waals surface area contributed by atoms with Crippen LogP contribution >= 0.6 is 11.3 Å². The number of carbonyl (C=O) groups is 1. The predicted molar refractivity (Wildman–Crippen MR) is 93.4 cm³/mol. The van der Waals surface area contributed by atoms with E-state index in [0.29, 0.717) is 6.42 Å². The van der Waals surface area contributed by atoms with Gasteiger partial charge in [0.2, 0.25) is 5.91 Å². The first kappa shape index (κ1) is 15.3. The lowest BCUT2D eigenvalue weighted by Gasteiger charge is -2.23. The van der Waals surface area contributed by atoms with Crippen molar-refractivity contribution in [3.63, 3.8) is 0 Å². The Balaban J connectivity index is 1.55. The maximum Gasteiger partial charge on any atom is 0.227 e. The van der Waals surface area contributed by atoms with E-state index >= 15 is 0 Å². The van der Waals surface area contributed by atoms with Crippen molar-refractivity contribution in [3.8, 4) is 0 Å². The van der Waals surface area contributed by atoms with Gasteiger partial charge in [-0.1, -0.05) is 24.3 Å². The fraction of sp³-hybridized carbons (Fsp3) is 0.263. The van der Waals surface area contributed by atoms with Gasteiger partial charge in [0.05, 0.1) is 22.7 Å². The molecular formula is C19H17FN2OS. The molecule has 1 fully saturated rings. The summed E-state index contributed by atoms with van der Waals surface area (Å²) in [6.07, 6.45) is 2.26. The number of rotatable bonds is 3. The molecule has 122 valence electrons. The summed E-state index contributed by atoms with van der Waals surface area (Å²) in [6.45, 7) is 0.765. The quantitative estimate of drug-likeness (QED) is 0.710. The molecule has 1 aromatic heterocycles. The standard InChI is InChI=1S/C19H17FN2OS/c20-14-9-7-13(8-10-14)12-18(23)22-11-3-5-16(22)19-21-15-4-1-2-6-17(15)24-19/h1-2,4,6-10,16H,3,5,11-12H2/t16-/m1/s1. The molecule has 2 heterocycles. The van der Waals surface area contributed by atoms with E-state index < -0.39 is 0 Å². The van der Waals surface area contributed by atoms with E-state index in [0.717, 1.165) is 40.2 Å². The highest BCUT2D eigenvalue weighted by Crippen LogP contribution is 2.36. The number of halogens is 1. The summed E-state index contributed by atoms with van der Waals surface area (Å²) in [5.74, 6) is -0.192. The normalized spacial score (nSPS) is 17.5. The minimum absolute atomic E-state index is 0.0651. The molecule has 0 unspecified atom stereocenters. The Kier molecular flexibility index (Phi) is 4.02. The van der Waals surface area contributed by atoms with Crippen LogP contribution in [-0.2, 0) is 11.2 Å². The third kappa shape index (κ3) is 2.91. The van der Waals surface area contributed by atoms with Crippen LogP contribution in [0.4, 0.5) is 4.39 Å². The molecule has 0 bridgehead atoms. The van der Waals surface area contributed by atoms with E-state index in [1.54, 1.807) is 23.5 Å². The molecule has 2 aromatic carbocycles. The van der Waals surface area contributed by atoms with Gasteiger partial charge in [0.15, 0.2) is 0 Å². The zero-order valence-electron chi connectivity index (χ0n) is 13.1. The molecule has 1 aliphatic heterocycles. The third-order valence-electron chi connectivity index (χ3n) is 4.44. The molecule has 24 heavy (non-hydrogen) atoms. The third-order valence-corrected chi connectivity index (χ3v) is 5.57. The molecule has 0 aliphatic carbocycles. The zero-order valence-corrected chi connectivity index (χ0v) is 13.9. The highest BCUT2D eigenvalue weighted by molar-refractivity contribution is 7.18. The smallest absolute Gasteiger partial charge is 0.227 e. The van der Waals surface area contributed by atoms with Gasteiger partial charge >= 0.3 is 0 Å². The van der Waals surface area contributed by atoms with Crippen molar-refractivity contribution in [2.75, 3.05) is 6.54 Å². The summed E-state index contributed by atoms with van der Waals surface area (Å²) in [7, 11) is 0. The summed E-state index contributed by atoms with van der Waals surface area (Å²) < 4.78 is 14.2. The molecule has 1 saturated heterocycles. The maximum absolute atomic E-state index is 13.0. The molecule has 1 atom stereocenters. The van der Waals surface area contributed by atoms with Crippen molar-refractivity contribution < 1.29 is 9.18 Å². The number of fused-ring (bicyclic) bond motifs is 1. The van der Waals surface area contributed by atoms with Crippen LogP contribution in [0.5, 0.6) is 0 Å². The number of thiazole rings is 1. The van der Waals surface area contributed by atoms with E-state index in [2.05, 4.69) is 6.07 Å². The largest absolute Gasteiger partial charge is 0.333 e. The lowest BCUT2D eigenvalue weighted by atomic mass is 10.1. The number of carbonyl (C=O) groups excluding carboxylic acids is 1. The minimum atomic E-state index is -0.278. The number of hydrogen-bond acceptors (Lipinski definition) is 3. The van der Waals surface area contributed by atoms with Crippen molar-refractivity contribution in [2.45, 2.75) is 25.3 Å². The maximum atomic E-state index is 13.0. The number of likely N-dealkylation sites (tertiary alicyclic amines) is 1. The number of nitrogens with zero attached hydrogens (tertiary/aromatic N) is 2. The fourth-order valence-electron chi connectivity index (χ4n) is 3.23. The van der Waals surface area contributed by atoms with E-state index in [1.165, 1.54) is 12.1 Å². The topological polar surface area (TPSA) is 33.2 Å². The number of benzene rings is 2. The number of hydrogen-bond donors (Lipinski definition) is 0. The molecule has 1 amide bonds. The summed E-state index contributed by atoms with van der Waals surface area (Å²) in [5.41, 5.74) is 1.84. The van der Waals surface area contributed by atoms with E-state index in [-0.39, 0.29) is 17.8 Å². The number of aromatic nitrogens is 1. The lowest BCUT2D eigenvalue weighted by Crippen LogP contribution is -2.31. The molecule has 3 nitrogen and oxygen atoms in total. The van der Waals surface area contributed by atoms with Gasteiger partial charge in [0.1, 0.15) is 10.8 Å². The molecule has 0 radical (unpaired) electrons. The number of para-hydroxylation sites is 1. The van der Waals surface area contributed by atoms with Crippen LogP contribution < -0.4 is 0 Å². The molecule has 0 spiro atoms. The van der Waals surface area contributed by atoms with Gasteiger partial charge in [-0.3, -0.25) is 4.79 Å². The van der Waals surface area contributed by atoms with Gasteiger partial charge in [-0.05, 0) is 42.7 Å². The highest BCUT2D eigenvalue weighted by Gasteiger charge is 2.32. The Labute approximate surface area is 143 Å². The first-order valence-electron chi connectivity index (χ1n) is 8.10. The molecule has 4 rings (SSSR count). The van der Waals surface area contributed by atoms with Crippen molar-refractivity contribution in [1.82, 2.24) is 9.88 Å². The second-order valence-electron chi connectivity index (χ2n) is 6.07. The number of amides is 1. The van der Waals surface area contributed by atoms with Crippen LogP contribution in [0, 0.1) is 5.82 Å². The van der Waals surface area contributed by atoms with Crippen molar-refractivity contribution in [1.29, 1.82) is 0 Å². The van der Waals surface area contributed by atoms with Crippen molar-refractivity contribution in [2.24, 2.45) is 0 Å². The van der Waals surface area contributed by atoms with Gasteiger partial charge in [-0.2, -0.15) is 0 Å². The van der Waals surface area contributed by atoms with Crippen LogP contribution in [0.15, 0.2) is 48.5 Å². The molecule has 0 saturated carbocycles.